The van der Waals surface area contributed by atoms with E-state index in [-0.39, 0.29) is 6.04 Å². The minimum absolute atomic E-state index is 0.254. The molecule has 2 unspecified atom stereocenters. The highest BCUT2D eigenvalue weighted by atomic mass is 127. The van der Waals surface area contributed by atoms with E-state index in [1.165, 1.54) is 0 Å². The van der Waals surface area contributed by atoms with Crippen LogP contribution in [0.2, 0.25) is 0 Å². The fourth-order valence-electron chi connectivity index (χ4n) is 1.22. The molecule has 0 amide bonds. The van der Waals surface area contributed by atoms with Gasteiger partial charge < -0.3 is 5.11 Å². The molecule has 0 aromatic carbocycles. The van der Waals surface area contributed by atoms with Gasteiger partial charge in [0, 0.05) is 29.4 Å². The highest BCUT2D eigenvalue weighted by Gasteiger charge is 2.32. The number of carbonyl (C=O) groups is 1. The number of aliphatic carboxylic acids is 1. The van der Waals surface area contributed by atoms with Gasteiger partial charge >= 0.3 is 5.97 Å². The van der Waals surface area contributed by atoms with Crippen LogP contribution in [0.5, 0.6) is 0 Å². The predicted octanol–water partition coefficient (Wildman–Crippen LogP) is 1.13. The summed E-state index contributed by atoms with van der Waals surface area (Å²) in [5.41, 5.74) is 0. The van der Waals surface area contributed by atoms with Crippen molar-refractivity contribution in [1.82, 2.24) is 3.11 Å². The van der Waals surface area contributed by atoms with Crippen LogP contribution in [0.1, 0.15) is 13.3 Å². The number of carboxylic acids is 1. The van der Waals surface area contributed by atoms with Crippen molar-refractivity contribution in [3.05, 3.63) is 0 Å². The van der Waals surface area contributed by atoms with Crippen LogP contribution in [-0.2, 0) is 4.79 Å². The van der Waals surface area contributed by atoms with Crippen molar-refractivity contribution in [3.8, 4) is 0 Å². The van der Waals surface area contributed by atoms with Crippen molar-refractivity contribution in [2.24, 2.45) is 5.92 Å². The first-order valence-corrected chi connectivity index (χ1v) is 4.23. The molecule has 1 saturated heterocycles. The number of hydrogen-bond acceptors (Lipinski definition) is 2. The quantitative estimate of drug-likeness (QED) is 0.564. The van der Waals surface area contributed by atoms with Gasteiger partial charge in [0.1, 0.15) is 6.04 Å². The molecule has 0 aromatic heterocycles. The van der Waals surface area contributed by atoms with Gasteiger partial charge in [0.15, 0.2) is 0 Å². The van der Waals surface area contributed by atoms with E-state index in [0.29, 0.717) is 5.92 Å². The molecule has 1 heterocycles. The maximum atomic E-state index is 10.5. The van der Waals surface area contributed by atoms with E-state index >= 15 is 0 Å². The number of nitrogens with zero attached hydrogens (tertiary/aromatic N) is 1. The summed E-state index contributed by atoms with van der Waals surface area (Å²) in [6, 6.07) is -0.254. The molecule has 1 fully saturated rings. The van der Waals surface area contributed by atoms with Crippen LogP contribution in [0.25, 0.3) is 0 Å². The summed E-state index contributed by atoms with van der Waals surface area (Å²) in [6.07, 6.45) is 0.790. The van der Waals surface area contributed by atoms with Crippen molar-refractivity contribution >= 4 is 28.8 Å². The highest BCUT2D eigenvalue weighted by Crippen LogP contribution is 2.25. The molecule has 0 radical (unpaired) electrons. The predicted molar refractivity (Wildman–Crippen MR) is 45.9 cm³/mol. The number of rotatable bonds is 1. The Morgan fingerprint density at radius 2 is 2.40 bits per heavy atom. The van der Waals surface area contributed by atoms with Gasteiger partial charge in [-0.1, -0.05) is 6.92 Å². The topological polar surface area (TPSA) is 40.5 Å². The molecule has 10 heavy (non-hydrogen) atoms. The lowest BCUT2D eigenvalue weighted by Gasteiger charge is -2.10. The van der Waals surface area contributed by atoms with Gasteiger partial charge in [0.25, 0.3) is 0 Å². The summed E-state index contributed by atoms with van der Waals surface area (Å²) in [5, 5.41) is 8.65. The molecule has 0 saturated carbocycles. The second-order valence-electron chi connectivity index (χ2n) is 2.78. The SMILES string of the molecule is CC1CC(C(=O)O)N(I)C1. The number of carboxylic acid groups (broad SMARTS) is 1. The Labute approximate surface area is 73.9 Å². The third kappa shape index (κ3) is 1.60. The summed E-state index contributed by atoms with van der Waals surface area (Å²) in [7, 11) is 0. The molecule has 0 aliphatic carbocycles. The molecule has 58 valence electrons. The van der Waals surface area contributed by atoms with Crippen molar-refractivity contribution in [2.45, 2.75) is 19.4 Å². The van der Waals surface area contributed by atoms with Crippen LogP contribution in [-0.4, -0.2) is 26.8 Å². The highest BCUT2D eigenvalue weighted by molar-refractivity contribution is 14.1. The Bertz CT molecular complexity index is 151. The third-order valence-electron chi connectivity index (χ3n) is 1.73. The number of hydrogen-bond donors (Lipinski definition) is 1. The zero-order valence-corrected chi connectivity index (χ0v) is 7.91. The minimum atomic E-state index is -0.696. The van der Waals surface area contributed by atoms with E-state index in [1.807, 2.05) is 3.11 Å². The fourth-order valence-corrected chi connectivity index (χ4v) is 2.35. The van der Waals surface area contributed by atoms with E-state index in [2.05, 4.69) is 29.8 Å². The molecule has 1 rings (SSSR count). The van der Waals surface area contributed by atoms with Crippen molar-refractivity contribution in [2.75, 3.05) is 6.54 Å². The van der Waals surface area contributed by atoms with Crippen LogP contribution in [0, 0.1) is 5.92 Å². The van der Waals surface area contributed by atoms with E-state index in [0.717, 1.165) is 13.0 Å². The second-order valence-corrected chi connectivity index (χ2v) is 4.02. The summed E-state index contributed by atoms with van der Waals surface area (Å²) in [5.74, 6) is -0.170. The zero-order valence-electron chi connectivity index (χ0n) is 5.75. The van der Waals surface area contributed by atoms with Gasteiger partial charge in [-0.2, -0.15) is 0 Å². The largest absolute Gasteiger partial charge is 0.480 e. The maximum Gasteiger partial charge on any atom is 0.321 e. The van der Waals surface area contributed by atoms with Gasteiger partial charge in [0.2, 0.25) is 0 Å². The maximum absolute atomic E-state index is 10.5. The molecular weight excluding hydrogens is 245 g/mol. The normalized spacial score (nSPS) is 34.6. The Hall–Kier alpha value is 0.160. The Morgan fingerprint density at radius 1 is 1.80 bits per heavy atom. The first-order chi connectivity index (χ1) is 4.61. The van der Waals surface area contributed by atoms with E-state index < -0.39 is 5.97 Å². The van der Waals surface area contributed by atoms with Crippen molar-refractivity contribution in [3.63, 3.8) is 0 Å². The first-order valence-electron chi connectivity index (χ1n) is 3.26. The van der Waals surface area contributed by atoms with Gasteiger partial charge in [-0.25, -0.2) is 3.11 Å². The molecule has 3 nitrogen and oxygen atoms in total. The summed E-state index contributed by atoms with van der Waals surface area (Å²) >= 11 is 2.08. The van der Waals surface area contributed by atoms with Crippen LogP contribution in [0.15, 0.2) is 0 Å². The van der Waals surface area contributed by atoms with E-state index in [1.54, 1.807) is 0 Å². The second kappa shape index (κ2) is 3.04. The van der Waals surface area contributed by atoms with Crippen LogP contribution < -0.4 is 0 Å². The fraction of sp³-hybridized carbons (Fsp3) is 0.833. The van der Waals surface area contributed by atoms with Gasteiger partial charge in [0.05, 0.1) is 0 Å². The monoisotopic (exact) mass is 255 g/mol. The zero-order chi connectivity index (χ0) is 7.72. The Morgan fingerprint density at radius 3 is 2.60 bits per heavy atom. The molecule has 4 heteroatoms. The molecule has 1 aliphatic heterocycles. The van der Waals surface area contributed by atoms with Crippen LogP contribution in [0.3, 0.4) is 0 Å². The lowest BCUT2D eigenvalue weighted by molar-refractivity contribution is -0.140. The third-order valence-corrected chi connectivity index (χ3v) is 2.80. The molecule has 1 N–H and O–H groups in total. The smallest absolute Gasteiger partial charge is 0.321 e. The Balaban J connectivity index is 2.54. The molecule has 0 spiro atoms. The molecule has 0 bridgehead atoms. The van der Waals surface area contributed by atoms with Crippen molar-refractivity contribution < 1.29 is 9.90 Å². The van der Waals surface area contributed by atoms with Crippen molar-refractivity contribution in [1.29, 1.82) is 0 Å². The van der Waals surface area contributed by atoms with E-state index in [4.69, 9.17) is 5.11 Å². The summed E-state index contributed by atoms with van der Waals surface area (Å²) in [6.45, 7) is 2.98. The standard InChI is InChI=1S/C6H10INO2/c1-4-2-5(6(9)10)8(7)3-4/h4-5H,2-3H2,1H3,(H,9,10). The summed E-state index contributed by atoms with van der Waals surface area (Å²) < 4.78 is 1.87. The minimum Gasteiger partial charge on any atom is -0.480 e. The number of halogens is 1. The van der Waals surface area contributed by atoms with Crippen LogP contribution in [0.4, 0.5) is 0 Å². The lowest BCUT2D eigenvalue weighted by atomic mass is 10.1. The van der Waals surface area contributed by atoms with Gasteiger partial charge in [-0.05, 0) is 12.3 Å². The average Bonchev–Trinajstić information content (AvgIpc) is 2.10. The first kappa shape index (κ1) is 8.26. The molecule has 1 aliphatic rings. The van der Waals surface area contributed by atoms with Gasteiger partial charge in [-0.15, -0.1) is 0 Å². The average molecular weight is 255 g/mol. The Kier molecular flexibility index (Phi) is 2.51. The van der Waals surface area contributed by atoms with Crippen LogP contribution >= 0.6 is 22.9 Å². The molecule has 2 atom stereocenters. The lowest BCUT2D eigenvalue weighted by Crippen LogP contribution is -2.27. The molecular formula is C6H10INO2. The molecule has 0 aromatic rings. The van der Waals surface area contributed by atoms with Gasteiger partial charge in [-0.3, -0.25) is 4.79 Å². The summed E-state index contributed by atoms with van der Waals surface area (Å²) in [4.78, 5) is 10.5. The van der Waals surface area contributed by atoms with E-state index in [9.17, 15) is 4.79 Å².